The second kappa shape index (κ2) is 3.76. The smallest absolute Gasteiger partial charge is 0.118 e. The van der Waals surface area contributed by atoms with E-state index in [9.17, 15) is 4.79 Å². The molecule has 1 rings (SSSR count). The van der Waals surface area contributed by atoms with E-state index in [1.165, 1.54) is 0 Å². The minimum absolute atomic E-state index is 0. The summed E-state index contributed by atoms with van der Waals surface area (Å²) in [5.41, 5.74) is 0.866. The van der Waals surface area contributed by atoms with E-state index >= 15 is 0 Å². The summed E-state index contributed by atoms with van der Waals surface area (Å²) in [5, 5.41) is 9.04. The molecule has 0 aliphatic carbocycles. The Hall–Kier alpha value is -0.510. The van der Waals surface area contributed by atoms with E-state index in [0.717, 1.165) is 6.07 Å². The molecule has 0 bridgehead atoms. The number of hydrogen-bond acceptors (Lipinski definition) is 2. The number of aryl methyl sites for hydroxylation is 1. The van der Waals surface area contributed by atoms with E-state index in [1.54, 1.807) is 13.8 Å². The van der Waals surface area contributed by atoms with Gasteiger partial charge in [0.1, 0.15) is 5.75 Å². The van der Waals surface area contributed by atoms with Crippen molar-refractivity contribution in [2.75, 3.05) is 0 Å². The molecule has 1 aromatic rings. The van der Waals surface area contributed by atoms with Gasteiger partial charge < -0.3 is 14.9 Å². The van der Waals surface area contributed by atoms with Crippen molar-refractivity contribution >= 4 is 0 Å². The number of pyridine rings is 1. The maximum Gasteiger partial charge on any atom is 0.118 e. The number of nitrogens with zero attached hydrogens (tertiary/aromatic N) is 1. The topological polar surface area (TPSA) is 51.4 Å². The quantitative estimate of drug-likeness (QED) is 0.750. The summed E-state index contributed by atoms with van der Waals surface area (Å²) in [6, 6.07) is 1.11. The number of rotatable bonds is 0. The van der Waals surface area contributed by atoms with Gasteiger partial charge in [-0.3, -0.25) is 0 Å². The molecular weight excluding hydrogens is 311 g/mol. The molecule has 0 aliphatic rings. The van der Waals surface area contributed by atoms with Crippen LogP contribution in [0, 0.1) is 13.8 Å². The zero-order valence-electron chi connectivity index (χ0n) is 6.33. The third-order valence-electron chi connectivity index (χ3n) is 1.47. The Balaban J connectivity index is 0.000001000. The van der Waals surface area contributed by atoms with Gasteiger partial charge in [-0.05, 0) is 12.5 Å². The molecule has 0 unspecified atom stereocenters. The van der Waals surface area contributed by atoms with E-state index in [1.807, 2.05) is 0 Å². The third-order valence-corrected chi connectivity index (χ3v) is 1.47. The molecule has 1 radical (unpaired) electrons. The molecule has 1 heterocycles. The SMILES string of the molecule is Cc1[n-]c(=O)cc(O)c1C.[Ta]. The molecule has 59 valence electrons. The third kappa shape index (κ3) is 2.22. The van der Waals surface area contributed by atoms with Crippen LogP contribution in [0.5, 0.6) is 5.75 Å². The molecule has 3 nitrogen and oxygen atoms in total. The fourth-order valence-electron chi connectivity index (χ4n) is 0.692. The van der Waals surface area contributed by atoms with Crippen molar-refractivity contribution in [3.05, 3.63) is 27.7 Å². The first-order chi connectivity index (χ1) is 4.61. The van der Waals surface area contributed by atoms with Crippen LogP contribution in [0.2, 0.25) is 0 Å². The number of aromatic nitrogens is 1. The molecule has 0 aliphatic heterocycles. The molecule has 0 aromatic carbocycles. The van der Waals surface area contributed by atoms with Gasteiger partial charge in [0.15, 0.2) is 0 Å². The molecule has 0 saturated heterocycles. The van der Waals surface area contributed by atoms with Crippen LogP contribution in [0.15, 0.2) is 10.9 Å². The molecule has 11 heavy (non-hydrogen) atoms. The molecule has 0 fully saturated rings. The Morgan fingerprint density at radius 1 is 1.45 bits per heavy atom. The van der Waals surface area contributed by atoms with E-state index < -0.39 is 0 Å². The van der Waals surface area contributed by atoms with Crippen LogP contribution in [0.1, 0.15) is 11.3 Å². The standard InChI is InChI=1S/C7H9NO2.Ta/c1-4-5(2)8-7(10)3-6(4)9;/h3H,1-2H3,(H2,8,9,10);/p-1. The maximum atomic E-state index is 10.6. The first-order valence-electron chi connectivity index (χ1n) is 2.95. The number of aromatic hydroxyl groups is 1. The van der Waals surface area contributed by atoms with Crippen LogP contribution in [-0.4, -0.2) is 5.11 Å². The Bertz CT molecular complexity index is 280. The summed E-state index contributed by atoms with van der Waals surface area (Å²) >= 11 is 0. The molecule has 0 saturated carbocycles. The Kier molecular flexibility index (Phi) is 3.58. The normalized spacial score (nSPS) is 8.91. The Morgan fingerprint density at radius 2 is 2.00 bits per heavy atom. The molecule has 1 N–H and O–H groups in total. The van der Waals surface area contributed by atoms with E-state index in [0.29, 0.717) is 11.3 Å². The van der Waals surface area contributed by atoms with Crippen molar-refractivity contribution in [3.63, 3.8) is 0 Å². The van der Waals surface area contributed by atoms with Gasteiger partial charge in [-0.1, -0.05) is 6.92 Å². The number of hydrogen-bond donors (Lipinski definition) is 1. The van der Waals surface area contributed by atoms with Crippen molar-refractivity contribution in [1.29, 1.82) is 0 Å². The molecular formula is C7H8NO2Ta-. The summed E-state index contributed by atoms with van der Waals surface area (Å²) in [6.07, 6.45) is 0. The fourth-order valence-corrected chi connectivity index (χ4v) is 0.692. The van der Waals surface area contributed by atoms with Crippen LogP contribution >= 0.6 is 0 Å². The minimum atomic E-state index is -0.388. The van der Waals surface area contributed by atoms with E-state index in [2.05, 4.69) is 4.98 Å². The summed E-state index contributed by atoms with van der Waals surface area (Å²) in [4.78, 5) is 14.2. The zero-order chi connectivity index (χ0) is 7.72. The van der Waals surface area contributed by atoms with Crippen molar-refractivity contribution < 1.29 is 27.5 Å². The predicted molar refractivity (Wildman–Crippen MR) is 37.2 cm³/mol. The van der Waals surface area contributed by atoms with Crippen LogP contribution in [0.4, 0.5) is 0 Å². The molecule has 0 amide bonds. The van der Waals surface area contributed by atoms with E-state index in [4.69, 9.17) is 5.11 Å². The van der Waals surface area contributed by atoms with Crippen molar-refractivity contribution in [1.82, 2.24) is 4.98 Å². The van der Waals surface area contributed by atoms with Crippen LogP contribution < -0.4 is 10.5 Å². The summed E-state index contributed by atoms with van der Waals surface area (Å²) in [5.74, 6) is 0.0255. The van der Waals surface area contributed by atoms with Gasteiger partial charge in [-0.2, -0.15) is 5.69 Å². The van der Waals surface area contributed by atoms with E-state index in [-0.39, 0.29) is 33.7 Å². The first-order valence-corrected chi connectivity index (χ1v) is 2.95. The van der Waals surface area contributed by atoms with Gasteiger partial charge in [-0.25, -0.2) is 0 Å². The van der Waals surface area contributed by atoms with Gasteiger partial charge in [0.05, 0.1) is 5.56 Å². The van der Waals surface area contributed by atoms with Crippen LogP contribution in [-0.2, 0) is 22.4 Å². The van der Waals surface area contributed by atoms with Gasteiger partial charge in [0.2, 0.25) is 0 Å². The molecule has 4 heteroatoms. The second-order valence-electron chi connectivity index (χ2n) is 2.19. The Morgan fingerprint density at radius 3 is 2.45 bits per heavy atom. The van der Waals surface area contributed by atoms with Crippen molar-refractivity contribution in [2.24, 2.45) is 0 Å². The largest absolute Gasteiger partial charge is 0.626 e. The predicted octanol–water partition coefficient (Wildman–Crippen LogP) is 0.324. The van der Waals surface area contributed by atoms with Gasteiger partial charge in [0.25, 0.3) is 0 Å². The average molecular weight is 319 g/mol. The summed E-state index contributed by atoms with van der Waals surface area (Å²) in [6.45, 7) is 3.41. The second-order valence-corrected chi connectivity index (χ2v) is 2.19. The monoisotopic (exact) mass is 319 g/mol. The molecule has 0 atom stereocenters. The van der Waals surface area contributed by atoms with Crippen LogP contribution in [0.3, 0.4) is 0 Å². The fraction of sp³-hybridized carbons (Fsp3) is 0.286. The summed E-state index contributed by atoms with van der Waals surface area (Å²) < 4.78 is 0. The average Bonchev–Trinajstić information content (AvgIpc) is 1.82. The van der Waals surface area contributed by atoms with Gasteiger partial charge in [-0.15, -0.1) is 0 Å². The minimum Gasteiger partial charge on any atom is -0.626 e. The van der Waals surface area contributed by atoms with Crippen molar-refractivity contribution in [3.8, 4) is 5.75 Å². The zero-order valence-corrected chi connectivity index (χ0v) is 9.54. The first kappa shape index (κ1) is 10.5. The van der Waals surface area contributed by atoms with Gasteiger partial charge in [0, 0.05) is 28.4 Å². The molecule has 1 aromatic heterocycles. The molecule has 0 spiro atoms. The van der Waals surface area contributed by atoms with Gasteiger partial charge >= 0.3 is 0 Å². The van der Waals surface area contributed by atoms with Crippen molar-refractivity contribution in [2.45, 2.75) is 13.8 Å². The summed E-state index contributed by atoms with van der Waals surface area (Å²) in [7, 11) is 0. The van der Waals surface area contributed by atoms with Crippen LogP contribution in [0.25, 0.3) is 0 Å². The Labute approximate surface area is 80.0 Å². The maximum absolute atomic E-state index is 10.6.